The van der Waals surface area contributed by atoms with Crippen molar-refractivity contribution in [3.63, 3.8) is 0 Å². The number of ether oxygens (including phenoxy) is 1. The number of nitrogens with one attached hydrogen (secondary N) is 1. The third-order valence-corrected chi connectivity index (χ3v) is 4.50. The molecule has 1 heterocycles. The minimum absolute atomic E-state index is 0.127. The number of aryl methyl sites for hydroxylation is 1. The highest BCUT2D eigenvalue weighted by Gasteiger charge is 2.30. The summed E-state index contributed by atoms with van der Waals surface area (Å²) in [5, 5.41) is 22.8. The normalized spacial score (nSPS) is 12.7. The average molecular weight is 405 g/mol. The number of hydrogen-bond donors (Lipinski definition) is 3. The van der Waals surface area contributed by atoms with Gasteiger partial charge in [0, 0.05) is 23.0 Å². The van der Waals surface area contributed by atoms with Gasteiger partial charge >= 0.3 is 13.3 Å². The van der Waals surface area contributed by atoms with E-state index in [1.807, 2.05) is 0 Å². The van der Waals surface area contributed by atoms with Crippen molar-refractivity contribution in [1.82, 2.24) is 9.97 Å². The van der Waals surface area contributed by atoms with Crippen molar-refractivity contribution in [1.29, 1.82) is 0 Å². The molecule has 0 aliphatic heterocycles. The number of anilines is 1. The van der Waals surface area contributed by atoms with Crippen LogP contribution in [0.25, 0.3) is 10.9 Å². The van der Waals surface area contributed by atoms with Crippen LogP contribution in [-0.2, 0) is 6.18 Å². The quantitative estimate of drug-likeness (QED) is 0.566. The summed E-state index contributed by atoms with van der Waals surface area (Å²) < 4.78 is 44.2. The lowest BCUT2D eigenvalue weighted by atomic mass is 9.79. The van der Waals surface area contributed by atoms with Gasteiger partial charge in [0.25, 0.3) is 0 Å². The second-order valence-electron chi connectivity index (χ2n) is 6.59. The Morgan fingerprint density at radius 3 is 2.48 bits per heavy atom. The van der Waals surface area contributed by atoms with E-state index in [9.17, 15) is 23.2 Å². The molecule has 0 spiro atoms. The van der Waals surface area contributed by atoms with Gasteiger partial charge in [-0.2, -0.15) is 13.2 Å². The third-order valence-electron chi connectivity index (χ3n) is 4.50. The van der Waals surface area contributed by atoms with E-state index in [4.69, 9.17) is 4.74 Å². The molecular weight excluding hydrogens is 386 g/mol. The van der Waals surface area contributed by atoms with Gasteiger partial charge in [-0.05, 0) is 37.6 Å². The van der Waals surface area contributed by atoms with Gasteiger partial charge in [-0.25, -0.2) is 9.97 Å². The summed E-state index contributed by atoms with van der Waals surface area (Å²) in [6.45, 7) is 3.39. The van der Waals surface area contributed by atoms with Gasteiger partial charge < -0.3 is 20.1 Å². The van der Waals surface area contributed by atoms with E-state index in [1.165, 1.54) is 19.2 Å². The van der Waals surface area contributed by atoms with Crippen LogP contribution >= 0.6 is 0 Å². The van der Waals surface area contributed by atoms with Gasteiger partial charge in [-0.3, -0.25) is 0 Å². The molecule has 0 aliphatic rings. The van der Waals surface area contributed by atoms with E-state index in [-0.39, 0.29) is 11.2 Å². The van der Waals surface area contributed by atoms with Gasteiger partial charge in [-0.15, -0.1) is 0 Å². The molecule has 0 bridgehead atoms. The number of aromatic nitrogens is 2. The molecule has 152 valence electrons. The van der Waals surface area contributed by atoms with Crippen LogP contribution in [0.15, 0.2) is 36.4 Å². The topological polar surface area (TPSA) is 87.5 Å². The molecule has 3 aromatic rings. The number of rotatable bonds is 5. The van der Waals surface area contributed by atoms with Crippen LogP contribution in [0.3, 0.4) is 0 Å². The maximum atomic E-state index is 13.0. The lowest BCUT2D eigenvalue weighted by Crippen LogP contribution is -2.31. The van der Waals surface area contributed by atoms with E-state index in [0.29, 0.717) is 28.1 Å². The Balaban J connectivity index is 2.04. The standard InChI is InChI=1S/C19H19BF3N3O3/c1-10(12-5-4-6-13(7-12)19(21,22)23)24-18-14-8-15(20(27)28)17(29-3)9-16(14)25-11(2)26-18/h4-10,27-28H,1-3H3,(H,24,25,26)/t10-/m1/s1. The molecule has 0 saturated carbocycles. The summed E-state index contributed by atoms with van der Waals surface area (Å²) in [6, 6.07) is 7.58. The van der Waals surface area contributed by atoms with Crippen LogP contribution in [0.4, 0.5) is 19.0 Å². The minimum Gasteiger partial charge on any atom is -0.497 e. The van der Waals surface area contributed by atoms with Gasteiger partial charge in [0.15, 0.2) is 0 Å². The molecule has 1 aromatic heterocycles. The van der Waals surface area contributed by atoms with Crippen molar-refractivity contribution in [2.45, 2.75) is 26.1 Å². The Kier molecular flexibility index (Phi) is 5.67. The number of halogens is 3. The van der Waals surface area contributed by atoms with Crippen LogP contribution in [0, 0.1) is 6.92 Å². The number of fused-ring (bicyclic) bond motifs is 1. The molecule has 3 rings (SSSR count). The van der Waals surface area contributed by atoms with Crippen LogP contribution in [-0.4, -0.2) is 34.2 Å². The molecule has 0 fully saturated rings. The summed E-state index contributed by atoms with van der Waals surface area (Å²) in [5.74, 6) is 1.06. The molecule has 2 aromatic carbocycles. The predicted molar refractivity (Wildman–Crippen MR) is 104 cm³/mol. The molecule has 6 nitrogen and oxygen atoms in total. The Morgan fingerprint density at radius 2 is 1.86 bits per heavy atom. The van der Waals surface area contributed by atoms with Crippen LogP contribution in [0.1, 0.15) is 29.9 Å². The van der Waals surface area contributed by atoms with Gasteiger partial charge in [0.2, 0.25) is 0 Å². The van der Waals surface area contributed by atoms with Gasteiger partial charge in [-0.1, -0.05) is 12.1 Å². The minimum atomic E-state index is -4.43. The Morgan fingerprint density at radius 1 is 1.14 bits per heavy atom. The fraction of sp³-hybridized carbons (Fsp3) is 0.263. The number of hydrogen-bond acceptors (Lipinski definition) is 6. The molecule has 1 atom stereocenters. The zero-order valence-electron chi connectivity index (χ0n) is 15.9. The van der Waals surface area contributed by atoms with Gasteiger partial charge in [0.1, 0.15) is 17.4 Å². The lowest BCUT2D eigenvalue weighted by Gasteiger charge is -2.19. The van der Waals surface area contributed by atoms with Crippen molar-refractivity contribution in [2.24, 2.45) is 0 Å². The second kappa shape index (κ2) is 7.88. The van der Waals surface area contributed by atoms with E-state index in [1.54, 1.807) is 26.0 Å². The summed E-state index contributed by atoms with van der Waals surface area (Å²) in [7, 11) is -0.375. The summed E-state index contributed by atoms with van der Waals surface area (Å²) in [6.07, 6.45) is -4.43. The average Bonchev–Trinajstić information content (AvgIpc) is 2.66. The number of methoxy groups -OCH3 is 1. The van der Waals surface area contributed by atoms with E-state index < -0.39 is 24.9 Å². The first-order chi connectivity index (χ1) is 13.6. The predicted octanol–water partition coefficient (Wildman–Crippen LogP) is 2.82. The van der Waals surface area contributed by atoms with E-state index in [0.717, 1.165) is 12.1 Å². The van der Waals surface area contributed by atoms with Crippen LogP contribution < -0.4 is 15.5 Å². The van der Waals surface area contributed by atoms with Crippen molar-refractivity contribution >= 4 is 29.3 Å². The first kappa shape index (κ1) is 20.9. The fourth-order valence-corrected chi connectivity index (χ4v) is 3.05. The number of nitrogens with zero attached hydrogens (tertiary/aromatic N) is 2. The molecule has 0 saturated heterocycles. The smallest absolute Gasteiger partial charge is 0.492 e. The maximum absolute atomic E-state index is 13.0. The molecule has 29 heavy (non-hydrogen) atoms. The number of benzene rings is 2. The van der Waals surface area contributed by atoms with Crippen LogP contribution in [0.2, 0.25) is 0 Å². The zero-order chi connectivity index (χ0) is 21.3. The Hall–Kier alpha value is -2.85. The third kappa shape index (κ3) is 4.43. The van der Waals surface area contributed by atoms with Crippen molar-refractivity contribution in [2.75, 3.05) is 12.4 Å². The van der Waals surface area contributed by atoms with E-state index in [2.05, 4.69) is 15.3 Å². The highest BCUT2D eigenvalue weighted by atomic mass is 19.4. The maximum Gasteiger partial charge on any atom is 0.492 e. The SMILES string of the molecule is COc1cc2nc(C)nc(N[C@H](C)c3cccc(C(F)(F)F)c3)c2cc1B(O)O. The molecular formula is C19H19BF3N3O3. The van der Waals surface area contributed by atoms with Crippen molar-refractivity contribution in [3.8, 4) is 5.75 Å². The fourth-order valence-electron chi connectivity index (χ4n) is 3.05. The van der Waals surface area contributed by atoms with Crippen molar-refractivity contribution in [3.05, 3.63) is 53.3 Å². The van der Waals surface area contributed by atoms with E-state index >= 15 is 0 Å². The largest absolute Gasteiger partial charge is 0.497 e. The number of alkyl halides is 3. The monoisotopic (exact) mass is 405 g/mol. The first-order valence-electron chi connectivity index (χ1n) is 8.76. The Bertz CT molecular complexity index is 1040. The molecule has 0 amide bonds. The second-order valence-corrected chi connectivity index (χ2v) is 6.59. The lowest BCUT2D eigenvalue weighted by molar-refractivity contribution is -0.137. The molecule has 0 radical (unpaired) electrons. The summed E-state index contributed by atoms with van der Waals surface area (Å²) in [4.78, 5) is 8.67. The molecule has 0 aliphatic carbocycles. The zero-order valence-corrected chi connectivity index (χ0v) is 15.9. The van der Waals surface area contributed by atoms with Gasteiger partial charge in [0.05, 0.1) is 18.2 Å². The van der Waals surface area contributed by atoms with Crippen molar-refractivity contribution < 1.29 is 28.0 Å². The molecule has 0 unspecified atom stereocenters. The summed E-state index contributed by atoms with van der Waals surface area (Å²) >= 11 is 0. The summed E-state index contributed by atoms with van der Waals surface area (Å²) in [5.41, 5.74) is 0.322. The molecule has 10 heteroatoms. The first-order valence-corrected chi connectivity index (χ1v) is 8.76. The highest BCUT2D eigenvalue weighted by Crippen LogP contribution is 2.32. The Labute approximate surface area is 165 Å². The molecule has 3 N–H and O–H groups in total. The highest BCUT2D eigenvalue weighted by molar-refractivity contribution is 6.60. The van der Waals surface area contributed by atoms with Crippen LogP contribution in [0.5, 0.6) is 5.75 Å².